The smallest absolute Gasteiger partial charge is 0.407 e. The van der Waals surface area contributed by atoms with Gasteiger partial charge in [-0.2, -0.15) is 0 Å². The summed E-state index contributed by atoms with van der Waals surface area (Å²) in [4.78, 5) is 27.3. The lowest BCUT2D eigenvalue weighted by molar-refractivity contribution is -0.123. The lowest BCUT2D eigenvalue weighted by atomic mass is 10.0. The minimum atomic E-state index is -0.645. The molecule has 1 aromatic heterocycles. The molecular weight excluding hydrogens is 294 g/mol. The molecule has 0 aliphatic heterocycles. The average Bonchev–Trinajstić information content (AvgIpc) is 3.26. The molecule has 1 atom stereocenters. The van der Waals surface area contributed by atoms with E-state index in [1.54, 1.807) is 6.92 Å². The number of carbonyl (C=O) groups excluding carboxylic acids is 2. The first-order valence-corrected chi connectivity index (χ1v) is 7.96. The Labute approximate surface area is 134 Å². The molecular formula is C17H21N3O3. The van der Waals surface area contributed by atoms with Crippen LogP contribution >= 0.6 is 0 Å². The molecule has 122 valence electrons. The number of para-hydroxylation sites is 1. The molecule has 1 aliphatic rings. The summed E-state index contributed by atoms with van der Waals surface area (Å²) >= 11 is 0. The number of fused-ring (bicyclic) bond motifs is 1. The van der Waals surface area contributed by atoms with E-state index in [0.717, 1.165) is 29.3 Å². The number of amides is 2. The van der Waals surface area contributed by atoms with Gasteiger partial charge in [0.1, 0.15) is 6.04 Å². The molecule has 1 heterocycles. The summed E-state index contributed by atoms with van der Waals surface area (Å²) in [6, 6.07) is 7.50. The van der Waals surface area contributed by atoms with E-state index >= 15 is 0 Å². The molecule has 1 saturated carbocycles. The van der Waals surface area contributed by atoms with Gasteiger partial charge in [0.2, 0.25) is 5.91 Å². The number of aromatic amines is 1. The van der Waals surface area contributed by atoms with E-state index in [4.69, 9.17) is 4.74 Å². The molecule has 0 bridgehead atoms. The molecule has 2 amide bonds. The van der Waals surface area contributed by atoms with Crippen LogP contribution in [0, 0.1) is 0 Å². The Hall–Kier alpha value is -2.50. The van der Waals surface area contributed by atoms with Crippen molar-refractivity contribution < 1.29 is 14.3 Å². The third-order valence-corrected chi connectivity index (χ3v) is 3.91. The predicted octanol–water partition coefficient (Wildman–Crippen LogP) is 2.10. The van der Waals surface area contributed by atoms with Gasteiger partial charge in [0, 0.05) is 29.6 Å². The monoisotopic (exact) mass is 315 g/mol. The number of hydrogen-bond acceptors (Lipinski definition) is 3. The van der Waals surface area contributed by atoms with Crippen LogP contribution < -0.4 is 10.6 Å². The van der Waals surface area contributed by atoms with Gasteiger partial charge in [-0.15, -0.1) is 0 Å². The highest BCUT2D eigenvalue weighted by Crippen LogP contribution is 2.21. The Morgan fingerprint density at radius 1 is 1.35 bits per heavy atom. The normalized spacial score (nSPS) is 15.2. The zero-order valence-corrected chi connectivity index (χ0v) is 13.1. The van der Waals surface area contributed by atoms with E-state index < -0.39 is 12.1 Å². The van der Waals surface area contributed by atoms with Gasteiger partial charge in [0.25, 0.3) is 0 Å². The largest absolute Gasteiger partial charge is 0.450 e. The molecule has 0 saturated heterocycles. The zero-order chi connectivity index (χ0) is 16.2. The number of H-pyrrole nitrogens is 1. The van der Waals surface area contributed by atoms with Crippen LogP contribution in [0.15, 0.2) is 30.5 Å². The third-order valence-electron chi connectivity index (χ3n) is 3.91. The highest BCUT2D eigenvalue weighted by molar-refractivity contribution is 5.88. The van der Waals surface area contributed by atoms with Crippen molar-refractivity contribution in [1.29, 1.82) is 0 Å². The lowest BCUT2D eigenvalue weighted by Gasteiger charge is -2.18. The topological polar surface area (TPSA) is 83.2 Å². The Kier molecular flexibility index (Phi) is 4.50. The van der Waals surface area contributed by atoms with Gasteiger partial charge in [-0.25, -0.2) is 4.79 Å². The van der Waals surface area contributed by atoms with Gasteiger partial charge in [-0.1, -0.05) is 18.2 Å². The van der Waals surface area contributed by atoms with E-state index in [1.165, 1.54) is 0 Å². The number of hydrogen-bond donors (Lipinski definition) is 3. The van der Waals surface area contributed by atoms with Crippen LogP contribution in [0.2, 0.25) is 0 Å². The zero-order valence-electron chi connectivity index (χ0n) is 13.1. The van der Waals surface area contributed by atoms with Crippen molar-refractivity contribution in [2.45, 2.75) is 38.3 Å². The van der Waals surface area contributed by atoms with Crippen molar-refractivity contribution in [3.63, 3.8) is 0 Å². The van der Waals surface area contributed by atoms with E-state index in [0.29, 0.717) is 6.42 Å². The minimum absolute atomic E-state index is 0.161. The highest BCUT2D eigenvalue weighted by Gasteiger charge is 2.29. The fourth-order valence-corrected chi connectivity index (χ4v) is 2.57. The number of aromatic nitrogens is 1. The molecule has 1 fully saturated rings. The number of rotatable bonds is 6. The van der Waals surface area contributed by atoms with Crippen molar-refractivity contribution in [1.82, 2.24) is 15.6 Å². The fraction of sp³-hybridized carbons (Fsp3) is 0.412. The third kappa shape index (κ3) is 3.83. The standard InChI is InChI=1S/C17H21N3O3/c1-2-23-17(22)20-15(16(21)19-12-7-8-12)9-11-10-18-14-6-4-3-5-13(11)14/h3-6,10,12,15,18H,2,7-9H2,1H3,(H,19,21)(H,20,22). The Morgan fingerprint density at radius 3 is 2.87 bits per heavy atom. The van der Waals surface area contributed by atoms with Gasteiger partial charge in [-0.05, 0) is 31.4 Å². The minimum Gasteiger partial charge on any atom is -0.450 e. The molecule has 6 nitrogen and oxygen atoms in total. The highest BCUT2D eigenvalue weighted by atomic mass is 16.5. The van der Waals surface area contributed by atoms with Crippen LogP contribution in [0.3, 0.4) is 0 Å². The molecule has 1 aliphatic carbocycles. The Bertz CT molecular complexity index is 706. The molecule has 3 N–H and O–H groups in total. The summed E-state index contributed by atoms with van der Waals surface area (Å²) < 4.78 is 4.91. The molecule has 3 rings (SSSR count). The van der Waals surface area contributed by atoms with Crippen LogP contribution in [-0.2, 0) is 16.0 Å². The second-order valence-electron chi connectivity index (χ2n) is 5.76. The number of nitrogens with one attached hydrogen (secondary N) is 3. The summed E-state index contributed by atoms with van der Waals surface area (Å²) in [5.74, 6) is -0.161. The van der Waals surface area contributed by atoms with Crippen LogP contribution in [0.1, 0.15) is 25.3 Å². The second kappa shape index (κ2) is 6.73. The molecule has 1 aromatic carbocycles. The van der Waals surface area contributed by atoms with Crippen molar-refractivity contribution in [2.75, 3.05) is 6.61 Å². The number of carbonyl (C=O) groups is 2. The maximum atomic E-state index is 12.4. The molecule has 2 aromatic rings. The average molecular weight is 315 g/mol. The number of alkyl carbamates (subject to hydrolysis) is 1. The predicted molar refractivity (Wildman–Crippen MR) is 87.1 cm³/mol. The van der Waals surface area contributed by atoms with Crippen LogP contribution in [0.5, 0.6) is 0 Å². The van der Waals surface area contributed by atoms with Crippen molar-refractivity contribution in [3.8, 4) is 0 Å². The maximum Gasteiger partial charge on any atom is 0.407 e. The molecule has 23 heavy (non-hydrogen) atoms. The van der Waals surface area contributed by atoms with Gasteiger partial charge >= 0.3 is 6.09 Å². The lowest BCUT2D eigenvalue weighted by Crippen LogP contribution is -2.48. The molecule has 6 heteroatoms. The summed E-state index contributed by atoms with van der Waals surface area (Å²) in [5.41, 5.74) is 2.01. The van der Waals surface area contributed by atoms with Gasteiger partial charge < -0.3 is 20.4 Å². The molecule has 1 unspecified atom stereocenters. The fourth-order valence-electron chi connectivity index (χ4n) is 2.57. The van der Waals surface area contributed by atoms with E-state index in [-0.39, 0.29) is 18.6 Å². The molecule has 0 radical (unpaired) electrons. The maximum absolute atomic E-state index is 12.4. The summed E-state index contributed by atoms with van der Waals surface area (Å²) in [7, 11) is 0. The van der Waals surface area contributed by atoms with Crippen LogP contribution in [0.4, 0.5) is 4.79 Å². The Morgan fingerprint density at radius 2 is 2.13 bits per heavy atom. The van der Waals surface area contributed by atoms with Crippen molar-refractivity contribution in [3.05, 3.63) is 36.0 Å². The first kappa shape index (κ1) is 15.4. The van der Waals surface area contributed by atoms with E-state index in [2.05, 4.69) is 15.6 Å². The van der Waals surface area contributed by atoms with E-state index in [9.17, 15) is 9.59 Å². The second-order valence-corrected chi connectivity index (χ2v) is 5.76. The summed E-state index contributed by atoms with van der Waals surface area (Å²) in [6.45, 7) is 2.01. The van der Waals surface area contributed by atoms with Crippen molar-refractivity contribution in [2.24, 2.45) is 0 Å². The van der Waals surface area contributed by atoms with Gasteiger partial charge in [0.05, 0.1) is 6.61 Å². The van der Waals surface area contributed by atoms with Gasteiger partial charge in [-0.3, -0.25) is 4.79 Å². The van der Waals surface area contributed by atoms with Crippen LogP contribution in [-0.4, -0.2) is 35.7 Å². The van der Waals surface area contributed by atoms with E-state index in [1.807, 2.05) is 30.5 Å². The van der Waals surface area contributed by atoms with Crippen molar-refractivity contribution >= 4 is 22.9 Å². The summed E-state index contributed by atoms with van der Waals surface area (Å²) in [6.07, 6.45) is 3.75. The molecule has 0 spiro atoms. The first-order valence-electron chi connectivity index (χ1n) is 7.96. The number of benzene rings is 1. The quantitative estimate of drug-likeness (QED) is 0.763. The number of ether oxygens (including phenoxy) is 1. The SMILES string of the molecule is CCOC(=O)NC(Cc1c[nH]c2ccccc12)C(=O)NC1CC1. The summed E-state index contributed by atoms with van der Waals surface area (Å²) in [5, 5.41) is 6.67. The first-order chi connectivity index (χ1) is 11.2. The van der Waals surface area contributed by atoms with Crippen LogP contribution in [0.25, 0.3) is 10.9 Å². The van der Waals surface area contributed by atoms with Gasteiger partial charge in [0.15, 0.2) is 0 Å². The Balaban J connectivity index is 1.76.